The van der Waals surface area contributed by atoms with Gasteiger partial charge in [-0.15, -0.1) is 0 Å². The topological polar surface area (TPSA) is 29.3 Å². The molecular weight excluding hydrogens is 256 g/mol. The first kappa shape index (κ1) is 15.8. The summed E-state index contributed by atoms with van der Waals surface area (Å²) < 4.78 is 0. The van der Waals surface area contributed by atoms with Crippen molar-refractivity contribution in [2.45, 2.75) is 90.1 Å². The zero-order valence-corrected chi connectivity index (χ0v) is 14.5. The van der Waals surface area contributed by atoms with Crippen molar-refractivity contribution in [2.24, 2.45) is 23.0 Å². The van der Waals surface area contributed by atoms with Crippen LogP contribution in [-0.2, 0) is 0 Å². The van der Waals surface area contributed by atoms with E-state index in [0.717, 1.165) is 24.4 Å². The second kappa shape index (κ2) is 5.85. The molecule has 3 fully saturated rings. The average Bonchev–Trinajstić information content (AvgIpc) is 3.09. The Kier molecular flexibility index (Phi) is 4.40. The van der Waals surface area contributed by atoms with Crippen LogP contribution < -0.4 is 5.73 Å². The summed E-state index contributed by atoms with van der Waals surface area (Å²) in [6.07, 6.45) is 12.7. The Bertz CT molecular complexity index is 359. The highest BCUT2D eigenvalue weighted by Crippen LogP contribution is 2.49. The number of nitrogens with zero attached hydrogens (tertiary/aromatic N) is 1. The van der Waals surface area contributed by atoms with E-state index in [4.69, 9.17) is 5.73 Å². The predicted octanol–water partition coefficient (Wildman–Crippen LogP) is 4.18. The Hall–Kier alpha value is -0.0800. The molecule has 0 amide bonds. The van der Waals surface area contributed by atoms with Crippen molar-refractivity contribution < 1.29 is 0 Å². The summed E-state index contributed by atoms with van der Waals surface area (Å²) in [5.41, 5.74) is 7.24. The van der Waals surface area contributed by atoms with Gasteiger partial charge in [0.1, 0.15) is 0 Å². The molecule has 0 aromatic carbocycles. The van der Waals surface area contributed by atoms with Crippen LogP contribution in [0.3, 0.4) is 0 Å². The minimum absolute atomic E-state index is 0.305. The molecule has 3 atom stereocenters. The molecule has 0 bridgehead atoms. The van der Waals surface area contributed by atoms with Gasteiger partial charge in [-0.05, 0) is 68.7 Å². The Balaban J connectivity index is 1.81. The first-order valence-corrected chi connectivity index (χ1v) is 9.45. The van der Waals surface area contributed by atoms with E-state index in [2.05, 4.69) is 25.7 Å². The Labute approximate surface area is 131 Å². The maximum atomic E-state index is 6.42. The zero-order valence-electron chi connectivity index (χ0n) is 14.5. The second-order valence-corrected chi connectivity index (χ2v) is 9.02. The molecule has 1 heterocycles. The SMILES string of the molecule is CC1CC(C)(C)CCC1(CN)N1CCCC1C1CCCC1. The van der Waals surface area contributed by atoms with Crippen molar-refractivity contribution >= 4 is 0 Å². The summed E-state index contributed by atoms with van der Waals surface area (Å²) in [6.45, 7) is 9.55. The van der Waals surface area contributed by atoms with Crippen LogP contribution >= 0.6 is 0 Å². The Morgan fingerprint density at radius 1 is 1.05 bits per heavy atom. The van der Waals surface area contributed by atoms with E-state index < -0.39 is 0 Å². The standard InChI is InChI=1S/C19H36N2/c1-15-13-18(2,3)10-11-19(15,14-20)21-12-6-9-17(21)16-7-4-5-8-16/h15-17H,4-14,20H2,1-3H3. The predicted molar refractivity (Wildman–Crippen MR) is 90.3 cm³/mol. The lowest BCUT2D eigenvalue weighted by molar-refractivity contribution is -0.0409. The molecule has 2 heteroatoms. The summed E-state index contributed by atoms with van der Waals surface area (Å²) in [5.74, 6) is 1.71. The third-order valence-corrected chi connectivity index (χ3v) is 7.18. The zero-order chi connectivity index (χ0) is 15.1. The van der Waals surface area contributed by atoms with E-state index in [1.165, 1.54) is 64.3 Å². The van der Waals surface area contributed by atoms with Gasteiger partial charge < -0.3 is 5.73 Å². The number of nitrogens with two attached hydrogens (primary N) is 1. The van der Waals surface area contributed by atoms with Gasteiger partial charge in [-0.3, -0.25) is 4.90 Å². The second-order valence-electron chi connectivity index (χ2n) is 9.02. The molecule has 2 N–H and O–H groups in total. The van der Waals surface area contributed by atoms with Crippen molar-refractivity contribution in [3.05, 3.63) is 0 Å². The van der Waals surface area contributed by atoms with E-state index in [9.17, 15) is 0 Å². The minimum Gasteiger partial charge on any atom is -0.329 e. The van der Waals surface area contributed by atoms with Crippen molar-refractivity contribution in [1.29, 1.82) is 0 Å². The van der Waals surface area contributed by atoms with E-state index in [1.807, 2.05) is 0 Å². The molecule has 2 saturated carbocycles. The van der Waals surface area contributed by atoms with E-state index >= 15 is 0 Å². The fourth-order valence-corrected chi connectivity index (χ4v) is 5.95. The van der Waals surface area contributed by atoms with Crippen LogP contribution in [0.4, 0.5) is 0 Å². The molecule has 1 aliphatic heterocycles. The van der Waals surface area contributed by atoms with E-state index in [-0.39, 0.29) is 0 Å². The molecule has 2 nitrogen and oxygen atoms in total. The van der Waals surface area contributed by atoms with Gasteiger partial charge >= 0.3 is 0 Å². The molecule has 0 aromatic rings. The lowest BCUT2D eigenvalue weighted by Crippen LogP contribution is -2.63. The summed E-state index contributed by atoms with van der Waals surface area (Å²) >= 11 is 0. The quantitative estimate of drug-likeness (QED) is 0.845. The molecular formula is C19H36N2. The van der Waals surface area contributed by atoms with Crippen LogP contribution in [0.1, 0.15) is 78.6 Å². The van der Waals surface area contributed by atoms with Crippen LogP contribution in [0.2, 0.25) is 0 Å². The van der Waals surface area contributed by atoms with Crippen LogP contribution in [0.25, 0.3) is 0 Å². The normalized spacial score (nSPS) is 41.7. The van der Waals surface area contributed by atoms with Crippen LogP contribution in [0.15, 0.2) is 0 Å². The molecule has 1 saturated heterocycles. The van der Waals surface area contributed by atoms with Crippen molar-refractivity contribution in [3.8, 4) is 0 Å². The van der Waals surface area contributed by atoms with Gasteiger partial charge in [0, 0.05) is 18.1 Å². The lowest BCUT2D eigenvalue weighted by atomic mass is 9.62. The highest BCUT2D eigenvalue weighted by Gasteiger charge is 2.51. The summed E-state index contributed by atoms with van der Waals surface area (Å²) in [6, 6.07) is 0.847. The highest BCUT2D eigenvalue weighted by molar-refractivity contribution is 5.06. The minimum atomic E-state index is 0.305. The number of likely N-dealkylation sites (tertiary alicyclic amines) is 1. The smallest absolute Gasteiger partial charge is 0.0360 e. The molecule has 3 aliphatic rings. The molecule has 0 radical (unpaired) electrons. The molecule has 2 aliphatic carbocycles. The van der Waals surface area contributed by atoms with Gasteiger partial charge in [0.25, 0.3) is 0 Å². The maximum absolute atomic E-state index is 6.42. The first-order valence-electron chi connectivity index (χ1n) is 9.45. The van der Waals surface area contributed by atoms with Crippen LogP contribution in [-0.4, -0.2) is 29.6 Å². The maximum Gasteiger partial charge on any atom is 0.0360 e. The molecule has 3 unspecified atom stereocenters. The summed E-state index contributed by atoms with van der Waals surface area (Å²) in [5, 5.41) is 0. The molecule has 21 heavy (non-hydrogen) atoms. The third kappa shape index (κ3) is 2.79. The van der Waals surface area contributed by atoms with Gasteiger partial charge in [0.2, 0.25) is 0 Å². The molecule has 3 rings (SSSR count). The lowest BCUT2D eigenvalue weighted by Gasteiger charge is -2.55. The Morgan fingerprint density at radius 2 is 1.76 bits per heavy atom. The van der Waals surface area contributed by atoms with Crippen LogP contribution in [0, 0.1) is 17.3 Å². The third-order valence-electron chi connectivity index (χ3n) is 7.18. The average molecular weight is 293 g/mol. The van der Waals surface area contributed by atoms with Gasteiger partial charge in [-0.1, -0.05) is 33.6 Å². The van der Waals surface area contributed by atoms with E-state index in [1.54, 1.807) is 0 Å². The van der Waals surface area contributed by atoms with Gasteiger partial charge in [0.05, 0.1) is 0 Å². The van der Waals surface area contributed by atoms with Gasteiger partial charge in [-0.25, -0.2) is 0 Å². The monoisotopic (exact) mass is 292 g/mol. The van der Waals surface area contributed by atoms with Crippen molar-refractivity contribution in [2.75, 3.05) is 13.1 Å². The van der Waals surface area contributed by atoms with Crippen LogP contribution in [0.5, 0.6) is 0 Å². The summed E-state index contributed by atoms with van der Waals surface area (Å²) in [7, 11) is 0. The van der Waals surface area contributed by atoms with Gasteiger partial charge in [-0.2, -0.15) is 0 Å². The number of hydrogen-bond donors (Lipinski definition) is 1. The number of rotatable bonds is 3. The van der Waals surface area contributed by atoms with Gasteiger partial charge in [0.15, 0.2) is 0 Å². The number of hydrogen-bond acceptors (Lipinski definition) is 2. The summed E-state index contributed by atoms with van der Waals surface area (Å²) in [4.78, 5) is 2.92. The van der Waals surface area contributed by atoms with E-state index in [0.29, 0.717) is 11.0 Å². The largest absolute Gasteiger partial charge is 0.329 e. The first-order chi connectivity index (χ1) is 9.98. The Morgan fingerprint density at radius 3 is 2.38 bits per heavy atom. The molecule has 122 valence electrons. The fourth-order valence-electron chi connectivity index (χ4n) is 5.95. The molecule has 0 spiro atoms. The van der Waals surface area contributed by atoms with Crippen molar-refractivity contribution in [3.63, 3.8) is 0 Å². The molecule has 0 aromatic heterocycles. The fraction of sp³-hybridized carbons (Fsp3) is 1.00. The highest BCUT2D eigenvalue weighted by atomic mass is 15.3. The van der Waals surface area contributed by atoms with Crippen molar-refractivity contribution in [1.82, 2.24) is 4.90 Å².